The summed E-state index contributed by atoms with van der Waals surface area (Å²) < 4.78 is 17.6. The first kappa shape index (κ1) is 15.3. The third kappa shape index (κ3) is 2.93. The monoisotopic (exact) mass is 340 g/mol. The average Bonchev–Trinajstić information content (AvgIpc) is 3.31. The zero-order chi connectivity index (χ0) is 17.4. The molecular formula is C17H16N4O4. The Kier molecular flexibility index (Phi) is 3.64. The molecular weight excluding hydrogens is 324 g/mol. The van der Waals surface area contributed by atoms with E-state index in [2.05, 4.69) is 15.5 Å². The van der Waals surface area contributed by atoms with Crippen LogP contribution >= 0.6 is 0 Å². The minimum atomic E-state index is -0.263. The van der Waals surface area contributed by atoms with E-state index in [1.807, 2.05) is 18.4 Å². The van der Waals surface area contributed by atoms with Crippen LogP contribution in [0, 0.1) is 13.8 Å². The molecule has 0 aliphatic carbocycles. The Morgan fingerprint density at radius 1 is 1.28 bits per heavy atom. The number of carbonyl (C=O) groups is 1. The van der Waals surface area contributed by atoms with Crippen molar-refractivity contribution >= 4 is 11.7 Å². The number of anilines is 1. The van der Waals surface area contributed by atoms with Crippen LogP contribution in [0.2, 0.25) is 0 Å². The van der Waals surface area contributed by atoms with Crippen molar-refractivity contribution in [2.75, 3.05) is 12.1 Å². The number of ether oxygens (including phenoxy) is 2. The third-order valence-corrected chi connectivity index (χ3v) is 4.03. The molecule has 25 heavy (non-hydrogen) atoms. The minimum absolute atomic E-state index is 0.173. The maximum atomic E-state index is 12.4. The van der Waals surface area contributed by atoms with Gasteiger partial charge in [-0.2, -0.15) is 0 Å². The zero-order valence-electron chi connectivity index (χ0n) is 13.8. The molecule has 8 heteroatoms. The molecule has 128 valence electrons. The van der Waals surface area contributed by atoms with Gasteiger partial charge in [0.25, 0.3) is 5.91 Å². The molecule has 0 saturated heterocycles. The molecule has 1 N–H and O–H groups in total. The van der Waals surface area contributed by atoms with E-state index in [9.17, 15) is 4.79 Å². The van der Waals surface area contributed by atoms with Crippen LogP contribution in [-0.2, 0) is 6.54 Å². The molecule has 0 spiro atoms. The Balaban J connectivity index is 1.46. The molecule has 3 heterocycles. The van der Waals surface area contributed by atoms with Gasteiger partial charge in [-0.3, -0.25) is 4.79 Å². The summed E-state index contributed by atoms with van der Waals surface area (Å²) in [5.41, 5.74) is 2.33. The number of benzene rings is 1. The number of amides is 1. The highest BCUT2D eigenvalue weighted by Crippen LogP contribution is 2.32. The van der Waals surface area contributed by atoms with Crippen molar-refractivity contribution in [2.45, 2.75) is 20.4 Å². The summed E-state index contributed by atoms with van der Waals surface area (Å²) in [5, 5.41) is 6.71. The van der Waals surface area contributed by atoms with Crippen molar-refractivity contribution in [2.24, 2.45) is 0 Å². The minimum Gasteiger partial charge on any atom is -0.454 e. The summed E-state index contributed by atoms with van der Waals surface area (Å²) in [6.07, 6.45) is 3.41. The standard InChI is InChI=1S/C17H16N4O4/c1-10-13(11(2)25-20-10)6-21-7-16(18-8-21)19-17(22)12-3-4-14-15(5-12)24-9-23-14/h3-5,7-8H,6,9H2,1-2H3,(H,19,22). The van der Waals surface area contributed by atoms with Crippen molar-refractivity contribution in [3.05, 3.63) is 53.3 Å². The lowest BCUT2D eigenvalue weighted by Crippen LogP contribution is -2.12. The van der Waals surface area contributed by atoms with Gasteiger partial charge >= 0.3 is 0 Å². The highest BCUT2D eigenvalue weighted by Gasteiger charge is 2.17. The van der Waals surface area contributed by atoms with E-state index in [4.69, 9.17) is 14.0 Å². The number of carbonyl (C=O) groups excluding carboxylic acids is 1. The van der Waals surface area contributed by atoms with Crippen molar-refractivity contribution in [3.63, 3.8) is 0 Å². The normalized spacial score (nSPS) is 12.4. The largest absolute Gasteiger partial charge is 0.454 e. The maximum absolute atomic E-state index is 12.4. The lowest BCUT2D eigenvalue weighted by atomic mass is 10.2. The first-order chi connectivity index (χ1) is 12.1. The number of nitrogens with zero attached hydrogens (tertiary/aromatic N) is 3. The van der Waals surface area contributed by atoms with Crippen LogP contribution in [0.15, 0.2) is 35.2 Å². The number of rotatable bonds is 4. The Morgan fingerprint density at radius 2 is 2.12 bits per heavy atom. The van der Waals surface area contributed by atoms with Crippen LogP contribution in [0.25, 0.3) is 0 Å². The summed E-state index contributed by atoms with van der Waals surface area (Å²) in [5.74, 6) is 2.18. The number of hydrogen-bond donors (Lipinski definition) is 1. The predicted molar refractivity (Wildman–Crippen MR) is 87.8 cm³/mol. The number of imidazole rings is 1. The number of hydrogen-bond acceptors (Lipinski definition) is 6. The molecule has 2 aromatic heterocycles. The highest BCUT2D eigenvalue weighted by atomic mass is 16.7. The van der Waals surface area contributed by atoms with Crippen LogP contribution in [0.4, 0.5) is 5.82 Å². The van der Waals surface area contributed by atoms with E-state index in [0.29, 0.717) is 29.4 Å². The van der Waals surface area contributed by atoms with Gasteiger partial charge in [-0.05, 0) is 32.0 Å². The van der Waals surface area contributed by atoms with E-state index >= 15 is 0 Å². The van der Waals surface area contributed by atoms with Crippen LogP contribution < -0.4 is 14.8 Å². The van der Waals surface area contributed by atoms with Crippen LogP contribution in [0.3, 0.4) is 0 Å². The fraction of sp³-hybridized carbons (Fsp3) is 0.235. The fourth-order valence-electron chi connectivity index (χ4n) is 2.65. The van der Waals surface area contributed by atoms with Crippen LogP contribution in [0.1, 0.15) is 27.4 Å². The summed E-state index contributed by atoms with van der Waals surface area (Å²) in [4.78, 5) is 16.6. The van der Waals surface area contributed by atoms with E-state index < -0.39 is 0 Å². The van der Waals surface area contributed by atoms with Crippen molar-refractivity contribution in [1.29, 1.82) is 0 Å². The van der Waals surface area contributed by atoms with Gasteiger partial charge in [0, 0.05) is 17.3 Å². The van der Waals surface area contributed by atoms with Crippen molar-refractivity contribution < 1.29 is 18.8 Å². The molecule has 1 aliphatic heterocycles. The first-order valence-electron chi connectivity index (χ1n) is 7.74. The van der Waals surface area contributed by atoms with Crippen LogP contribution in [-0.4, -0.2) is 27.4 Å². The molecule has 8 nitrogen and oxygen atoms in total. The molecule has 0 unspecified atom stereocenters. The third-order valence-electron chi connectivity index (χ3n) is 4.03. The van der Waals surface area contributed by atoms with Crippen molar-refractivity contribution in [3.8, 4) is 11.5 Å². The van der Waals surface area contributed by atoms with Crippen LogP contribution in [0.5, 0.6) is 11.5 Å². The number of aromatic nitrogens is 3. The van der Waals surface area contributed by atoms with E-state index in [-0.39, 0.29) is 12.7 Å². The van der Waals surface area contributed by atoms with Gasteiger partial charge in [0.05, 0.1) is 18.6 Å². The smallest absolute Gasteiger partial charge is 0.256 e. The van der Waals surface area contributed by atoms with Gasteiger partial charge in [0.15, 0.2) is 17.3 Å². The Bertz CT molecular complexity index is 925. The molecule has 4 rings (SSSR count). The van der Waals surface area contributed by atoms with E-state index in [1.165, 1.54) is 0 Å². The van der Waals surface area contributed by atoms with Gasteiger partial charge in [0.1, 0.15) is 5.76 Å². The van der Waals surface area contributed by atoms with Gasteiger partial charge in [-0.15, -0.1) is 0 Å². The van der Waals surface area contributed by atoms with Gasteiger partial charge in [-0.25, -0.2) is 4.98 Å². The molecule has 1 aromatic carbocycles. The van der Waals surface area contributed by atoms with Gasteiger partial charge < -0.3 is 23.9 Å². The number of fused-ring (bicyclic) bond motifs is 1. The quantitative estimate of drug-likeness (QED) is 0.785. The molecule has 0 atom stereocenters. The predicted octanol–water partition coefficient (Wildman–Crippen LogP) is 2.52. The van der Waals surface area contributed by atoms with E-state index in [1.54, 1.807) is 30.7 Å². The highest BCUT2D eigenvalue weighted by molar-refractivity contribution is 6.04. The summed E-state index contributed by atoms with van der Waals surface area (Å²) in [6, 6.07) is 5.05. The number of nitrogens with one attached hydrogen (secondary N) is 1. The first-order valence-corrected chi connectivity index (χ1v) is 7.74. The van der Waals surface area contributed by atoms with Gasteiger partial charge in [-0.1, -0.05) is 5.16 Å². The van der Waals surface area contributed by atoms with Gasteiger partial charge in [0.2, 0.25) is 6.79 Å². The molecule has 1 aliphatic rings. The Morgan fingerprint density at radius 3 is 2.92 bits per heavy atom. The zero-order valence-corrected chi connectivity index (χ0v) is 13.8. The lowest BCUT2D eigenvalue weighted by Gasteiger charge is -2.03. The van der Waals surface area contributed by atoms with E-state index in [0.717, 1.165) is 17.0 Å². The number of aryl methyl sites for hydroxylation is 2. The molecule has 0 radical (unpaired) electrons. The Hall–Kier alpha value is -3.29. The lowest BCUT2D eigenvalue weighted by molar-refractivity contribution is 0.102. The topological polar surface area (TPSA) is 91.4 Å². The van der Waals surface area contributed by atoms with Crippen molar-refractivity contribution in [1.82, 2.24) is 14.7 Å². The Labute approximate surface area is 143 Å². The second kappa shape index (κ2) is 5.97. The summed E-state index contributed by atoms with van der Waals surface area (Å²) >= 11 is 0. The summed E-state index contributed by atoms with van der Waals surface area (Å²) in [6.45, 7) is 4.51. The maximum Gasteiger partial charge on any atom is 0.256 e. The fourth-order valence-corrected chi connectivity index (χ4v) is 2.65. The second-order valence-corrected chi connectivity index (χ2v) is 5.76. The SMILES string of the molecule is Cc1noc(C)c1Cn1cnc(NC(=O)c2ccc3c(c2)OCO3)c1. The second-order valence-electron chi connectivity index (χ2n) is 5.76. The molecule has 1 amide bonds. The molecule has 3 aromatic rings. The molecule has 0 bridgehead atoms. The molecule has 0 saturated carbocycles. The molecule has 0 fully saturated rings. The summed E-state index contributed by atoms with van der Waals surface area (Å²) in [7, 11) is 0. The average molecular weight is 340 g/mol.